The predicted octanol–water partition coefficient (Wildman–Crippen LogP) is 3.62. The van der Waals surface area contributed by atoms with E-state index in [0.29, 0.717) is 5.92 Å². The summed E-state index contributed by atoms with van der Waals surface area (Å²) in [5.74, 6) is 1.53. The van der Waals surface area contributed by atoms with Gasteiger partial charge in [-0.25, -0.2) is 0 Å². The van der Waals surface area contributed by atoms with Crippen LogP contribution in [0.5, 0.6) is 5.75 Å². The summed E-state index contributed by atoms with van der Waals surface area (Å²) >= 11 is 0. The molecule has 0 N–H and O–H groups in total. The number of hydrogen-bond acceptors (Lipinski definition) is 4. The summed E-state index contributed by atoms with van der Waals surface area (Å²) in [7, 11) is 2.02. The van der Waals surface area contributed by atoms with E-state index in [1.165, 1.54) is 23.2 Å². The third kappa shape index (κ3) is 2.97. The first kappa shape index (κ1) is 17.3. The highest BCUT2D eigenvalue weighted by molar-refractivity contribution is 5.42. The fourth-order valence-corrected chi connectivity index (χ4v) is 5.23. The topological polar surface area (TPSA) is 39.5 Å². The summed E-state index contributed by atoms with van der Waals surface area (Å²) in [5, 5.41) is 4.30. The molecule has 0 bridgehead atoms. The lowest BCUT2D eigenvalue weighted by molar-refractivity contribution is -0.150. The minimum atomic E-state index is -0.0746. The lowest BCUT2D eigenvalue weighted by Crippen LogP contribution is -2.57. The van der Waals surface area contributed by atoms with E-state index in [-0.39, 0.29) is 11.7 Å². The Hall–Kier alpha value is -1.85. The van der Waals surface area contributed by atoms with Crippen molar-refractivity contribution in [2.24, 2.45) is 13.0 Å². The summed E-state index contributed by atoms with van der Waals surface area (Å²) in [5.41, 5.74) is 3.71. The average Bonchev–Trinajstić information content (AvgIpc) is 3.08. The molecular formula is C22H29N3O2. The van der Waals surface area contributed by atoms with Crippen LogP contribution in [0.1, 0.15) is 48.6 Å². The summed E-state index contributed by atoms with van der Waals surface area (Å²) in [4.78, 5) is 2.54. The van der Waals surface area contributed by atoms with E-state index in [4.69, 9.17) is 9.47 Å². The first-order valence-corrected chi connectivity index (χ1v) is 10.2. The van der Waals surface area contributed by atoms with Crippen LogP contribution in [0.4, 0.5) is 0 Å². The Balaban J connectivity index is 1.38. The molecule has 1 aromatic carbocycles. The Kier molecular flexibility index (Phi) is 4.25. The van der Waals surface area contributed by atoms with E-state index in [9.17, 15) is 0 Å². The largest absolute Gasteiger partial charge is 0.486 e. The van der Waals surface area contributed by atoms with Crippen molar-refractivity contribution in [1.29, 1.82) is 0 Å². The second-order valence-corrected chi connectivity index (χ2v) is 8.47. The van der Waals surface area contributed by atoms with E-state index in [0.717, 1.165) is 51.3 Å². The smallest absolute Gasteiger partial charge is 0.126 e. The third-order valence-corrected chi connectivity index (χ3v) is 6.80. The second-order valence-electron chi connectivity index (χ2n) is 8.47. The molecule has 0 aliphatic carbocycles. The Morgan fingerprint density at radius 2 is 2.07 bits per heavy atom. The molecule has 5 heteroatoms. The normalized spacial score (nSPS) is 27.0. The van der Waals surface area contributed by atoms with Crippen LogP contribution >= 0.6 is 0 Å². The van der Waals surface area contributed by atoms with Crippen LogP contribution in [0.25, 0.3) is 0 Å². The molecule has 2 saturated heterocycles. The van der Waals surface area contributed by atoms with Gasteiger partial charge in [0.25, 0.3) is 0 Å². The number of aryl methyl sites for hydroxylation is 2. The van der Waals surface area contributed by atoms with Gasteiger partial charge in [-0.3, -0.25) is 9.58 Å². The molecule has 5 rings (SSSR count). The monoisotopic (exact) mass is 367 g/mol. The molecule has 2 aromatic rings. The van der Waals surface area contributed by atoms with Gasteiger partial charge < -0.3 is 9.47 Å². The Morgan fingerprint density at radius 3 is 2.85 bits per heavy atom. The van der Waals surface area contributed by atoms with Crippen molar-refractivity contribution in [2.45, 2.75) is 50.9 Å². The average molecular weight is 367 g/mol. The van der Waals surface area contributed by atoms with Crippen LogP contribution in [-0.4, -0.2) is 40.0 Å². The second kappa shape index (κ2) is 6.64. The number of ether oxygens (including phenoxy) is 2. The standard InChI is InChI=1S/C22H29N3O2/c1-16-5-6-18-20(14-16)27-22(19-4-3-13-26-21(18)19)8-11-25(12-9-22)15-17-7-10-23-24(17)2/h5-7,10,14,19,21H,3-4,8-9,11-13,15H2,1-2H3/t19-,21+/m0/s1. The van der Waals surface area contributed by atoms with Gasteiger partial charge in [-0.1, -0.05) is 12.1 Å². The van der Waals surface area contributed by atoms with Crippen molar-refractivity contribution in [2.75, 3.05) is 19.7 Å². The molecule has 3 aliphatic rings. The Labute approximate surface area is 161 Å². The molecule has 1 spiro atoms. The molecular weight excluding hydrogens is 338 g/mol. The van der Waals surface area contributed by atoms with Crippen LogP contribution in [0.2, 0.25) is 0 Å². The molecule has 3 aliphatic heterocycles. The number of aromatic nitrogens is 2. The van der Waals surface area contributed by atoms with Crippen LogP contribution < -0.4 is 4.74 Å². The van der Waals surface area contributed by atoms with Crippen LogP contribution in [0, 0.1) is 12.8 Å². The van der Waals surface area contributed by atoms with Gasteiger partial charge in [0.05, 0.1) is 11.8 Å². The molecule has 0 amide bonds. The van der Waals surface area contributed by atoms with Crippen molar-refractivity contribution in [3.05, 3.63) is 47.3 Å². The quantitative estimate of drug-likeness (QED) is 0.813. The number of likely N-dealkylation sites (tertiary alicyclic amines) is 1. The predicted molar refractivity (Wildman–Crippen MR) is 104 cm³/mol. The number of fused-ring (bicyclic) bond motifs is 4. The van der Waals surface area contributed by atoms with Gasteiger partial charge in [-0.05, 0) is 37.5 Å². The van der Waals surface area contributed by atoms with Crippen molar-refractivity contribution in [3.8, 4) is 5.75 Å². The van der Waals surface area contributed by atoms with Crippen LogP contribution in [-0.2, 0) is 18.3 Å². The summed E-state index contributed by atoms with van der Waals surface area (Å²) in [6, 6.07) is 8.72. The molecule has 2 atom stereocenters. The van der Waals surface area contributed by atoms with E-state index in [1.807, 2.05) is 17.9 Å². The first-order valence-electron chi connectivity index (χ1n) is 10.2. The molecule has 0 unspecified atom stereocenters. The molecule has 4 heterocycles. The zero-order valence-electron chi connectivity index (χ0n) is 16.4. The number of nitrogens with zero attached hydrogens (tertiary/aromatic N) is 3. The maximum absolute atomic E-state index is 6.79. The number of rotatable bonds is 2. The van der Waals surface area contributed by atoms with Gasteiger partial charge in [-0.15, -0.1) is 0 Å². The van der Waals surface area contributed by atoms with Gasteiger partial charge in [0.2, 0.25) is 0 Å². The van der Waals surface area contributed by atoms with Crippen molar-refractivity contribution < 1.29 is 9.47 Å². The van der Waals surface area contributed by atoms with Gasteiger partial charge in [-0.2, -0.15) is 5.10 Å². The first-order chi connectivity index (χ1) is 13.1. The van der Waals surface area contributed by atoms with Crippen LogP contribution in [0.3, 0.4) is 0 Å². The van der Waals surface area contributed by atoms with E-state index < -0.39 is 0 Å². The zero-order valence-corrected chi connectivity index (χ0v) is 16.4. The van der Waals surface area contributed by atoms with Gasteiger partial charge in [0.15, 0.2) is 0 Å². The van der Waals surface area contributed by atoms with Crippen molar-refractivity contribution in [3.63, 3.8) is 0 Å². The summed E-state index contributed by atoms with van der Waals surface area (Å²) in [6.45, 7) is 6.11. The maximum Gasteiger partial charge on any atom is 0.126 e. The zero-order chi connectivity index (χ0) is 18.4. The molecule has 0 radical (unpaired) electrons. The molecule has 27 heavy (non-hydrogen) atoms. The van der Waals surface area contributed by atoms with E-state index in [2.05, 4.69) is 41.2 Å². The molecule has 2 fully saturated rings. The summed E-state index contributed by atoms with van der Waals surface area (Å²) < 4.78 is 15.1. The lowest BCUT2D eigenvalue weighted by Gasteiger charge is -2.53. The summed E-state index contributed by atoms with van der Waals surface area (Å²) in [6.07, 6.45) is 6.58. The van der Waals surface area contributed by atoms with Gasteiger partial charge >= 0.3 is 0 Å². The third-order valence-electron chi connectivity index (χ3n) is 6.80. The minimum Gasteiger partial charge on any atom is -0.486 e. The number of hydrogen-bond donors (Lipinski definition) is 0. The fraction of sp³-hybridized carbons (Fsp3) is 0.591. The minimum absolute atomic E-state index is 0.0746. The fourth-order valence-electron chi connectivity index (χ4n) is 5.23. The molecule has 1 aromatic heterocycles. The lowest BCUT2D eigenvalue weighted by atomic mass is 9.70. The van der Waals surface area contributed by atoms with Crippen LogP contribution in [0.15, 0.2) is 30.5 Å². The Bertz CT molecular complexity index is 823. The Morgan fingerprint density at radius 1 is 1.22 bits per heavy atom. The SMILES string of the molecule is Cc1ccc2c(c1)OC1(CCN(Cc3ccnn3C)CC1)[C@H]1CCCO[C@H]21. The molecule has 144 valence electrons. The van der Waals surface area contributed by atoms with E-state index in [1.54, 1.807) is 0 Å². The molecule has 0 saturated carbocycles. The van der Waals surface area contributed by atoms with Gasteiger partial charge in [0.1, 0.15) is 11.4 Å². The van der Waals surface area contributed by atoms with Crippen molar-refractivity contribution in [1.82, 2.24) is 14.7 Å². The van der Waals surface area contributed by atoms with Gasteiger partial charge in [0, 0.05) is 63.8 Å². The number of piperidine rings is 1. The highest BCUT2D eigenvalue weighted by Crippen LogP contribution is 2.53. The van der Waals surface area contributed by atoms with E-state index >= 15 is 0 Å². The van der Waals surface area contributed by atoms with Crippen molar-refractivity contribution >= 4 is 0 Å². The highest BCUT2D eigenvalue weighted by atomic mass is 16.5. The number of benzene rings is 1. The molecule has 5 nitrogen and oxygen atoms in total. The highest BCUT2D eigenvalue weighted by Gasteiger charge is 2.52. The maximum atomic E-state index is 6.79.